The summed E-state index contributed by atoms with van der Waals surface area (Å²) in [5.41, 5.74) is 16.4. The van der Waals surface area contributed by atoms with Crippen LogP contribution in [-0.2, 0) is 38.8 Å². The van der Waals surface area contributed by atoms with Crippen molar-refractivity contribution in [3.63, 3.8) is 0 Å². The Labute approximate surface area is 312 Å². The first-order chi connectivity index (χ1) is 23.6. The minimum Gasteiger partial charge on any atom is -0.309 e. The van der Waals surface area contributed by atoms with Gasteiger partial charge >= 0.3 is 0 Å². The Bertz CT molecular complexity index is 1750. The van der Waals surface area contributed by atoms with Gasteiger partial charge in [0.1, 0.15) is 0 Å². The third-order valence-corrected chi connectivity index (χ3v) is 10.4. The molecule has 0 atom stereocenters. The molecule has 0 radical (unpaired) electrons. The van der Waals surface area contributed by atoms with E-state index in [-0.39, 0.29) is 14.9 Å². The van der Waals surface area contributed by atoms with Crippen LogP contribution in [0.3, 0.4) is 0 Å². The van der Waals surface area contributed by atoms with Gasteiger partial charge in [0.05, 0.1) is 5.52 Å². The molecule has 1 N–H and O–H groups in total. The molecule has 5 aromatic rings. The first kappa shape index (κ1) is 41.7. The second kappa shape index (κ2) is 19.7. The Hall–Kier alpha value is -3.75. The predicted molar refractivity (Wildman–Crippen MR) is 225 cm³/mol. The van der Waals surface area contributed by atoms with Gasteiger partial charge in [-0.3, -0.25) is 4.98 Å². The maximum Gasteiger partial charge on any atom is 0.0704 e. The molecule has 2 nitrogen and oxygen atoms in total. The fraction of sp³-hybridized carbons (Fsp3) is 0.449. The van der Waals surface area contributed by atoms with Crippen LogP contribution < -0.4 is 5.32 Å². The maximum absolute atomic E-state index is 4.32. The summed E-state index contributed by atoms with van der Waals surface area (Å²) in [6, 6.07) is 31.2. The summed E-state index contributed by atoms with van der Waals surface area (Å²) in [6.07, 6.45) is 9.77. The van der Waals surface area contributed by atoms with Crippen LogP contribution in [0.25, 0.3) is 10.9 Å². The fourth-order valence-electron chi connectivity index (χ4n) is 7.26. The number of aryl methyl sites for hydroxylation is 3. The third kappa shape index (κ3) is 11.1. The van der Waals surface area contributed by atoms with Crippen molar-refractivity contribution in [2.45, 2.75) is 146 Å². The summed E-state index contributed by atoms with van der Waals surface area (Å²) in [5.74, 6) is 2.59. The van der Waals surface area contributed by atoms with E-state index in [1.165, 1.54) is 71.7 Å². The van der Waals surface area contributed by atoms with Crippen molar-refractivity contribution in [1.82, 2.24) is 10.3 Å². The van der Waals surface area contributed by atoms with Gasteiger partial charge in [0, 0.05) is 24.7 Å². The maximum atomic E-state index is 4.32. The van der Waals surface area contributed by atoms with Crippen LogP contribution in [0.1, 0.15) is 162 Å². The summed E-state index contributed by atoms with van der Waals surface area (Å²) in [5, 5.41) is 4.57. The molecule has 0 bridgehead atoms. The highest BCUT2D eigenvalue weighted by Gasteiger charge is 2.15. The van der Waals surface area contributed by atoms with Crippen molar-refractivity contribution in [3.8, 4) is 0 Å². The quantitative estimate of drug-likeness (QED) is 0.204. The molecular formula is C49H68N2. The number of pyridine rings is 1. The zero-order valence-electron chi connectivity index (χ0n) is 31.6. The molecule has 0 unspecified atom stereocenters. The number of hydrogen-bond donors (Lipinski definition) is 1. The van der Waals surface area contributed by atoms with Crippen LogP contribution in [0.5, 0.6) is 0 Å². The van der Waals surface area contributed by atoms with Crippen LogP contribution in [0.2, 0.25) is 0 Å². The standard InChI is InChI=1S/C12H13N.2C12H16.C11H15N.2CH4/c1-9(2)11-6-5-10-4-3-7-13-12(10)8-11;1-9(2)11-7-3-5-10-6-4-8-12(10)11;1-9(2)11-7-6-10-4-3-5-12(10)8-11;1-8(2)9-3-4-10-6-12-7-11(10)5-9;;/h3-9H,1-2H3;3,5,7,9H,4,6,8H2,1-2H3;6-9H,3-5H2,1-2H3;3-5,8,12H,6-7H2,1-2H3;2*1H4. The minimum absolute atomic E-state index is 0. The fourth-order valence-corrected chi connectivity index (χ4v) is 7.26. The molecular weight excluding hydrogens is 617 g/mol. The number of nitrogens with one attached hydrogen (secondary N) is 1. The minimum atomic E-state index is 0. The van der Waals surface area contributed by atoms with Crippen molar-refractivity contribution in [2.75, 3.05) is 0 Å². The van der Waals surface area contributed by atoms with Gasteiger partial charge in [0.2, 0.25) is 0 Å². The lowest BCUT2D eigenvalue weighted by Crippen LogP contribution is -1.99. The molecule has 8 rings (SSSR count). The average molecular weight is 685 g/mol. The van der Waals surface area contributed by atoms with E-state index in [9.17, 15) is 0 Å². The van der Waals surface area contributed by atoms with E-state index in [2.05, 4.69) is 145 Å². The van der Waals surface area contributed by atoms with Gasteiger partial charge in [0.15, 0.2) is 0 Å². The third-order valence-electron chi connectivity index (χ3n) is 10.4. The molecule has 2 heterocycles. The molecule has 0 spiro atoms. The van der Waals surface area contributed by atoms with Gasteiger partial charge in [-0.05, 0) is 130 Å². The highest BCUT2D eigenvalue weighted by Crippen LogP contribution is 2.30. The highest BCUT2D eigenvalue weighted by atomic mass is 14.9. The van der Waals surface area contributed by atoms with E-state index in [0.717, 1.165) is 18.6 Å². The van der Waals surface area contributed by atoms with Gasteiger partial charge in [-0.25, -0.2) is 0 Å². The number of aromatic nitrogens is 1. The molecule has 0 saturated heterocycles. The van der Waals surface area contributed by atoms with Crippen LogP contribution in [0, 0.1) is 0 Å². The highest BCUT2D eigenvalue weighted by molar-refractivity contribution is 5.79. The van der Waals surface area contributed by atoms with Gasteiger partial charge < -0.3 is 5.32 Å². The van der Waals surface area contributed by atoms with Gasteiger partial charge in [-0.1, -0.05) is 143 Å². The SMILES string of the molecule is C.C.CC(C)c1ccc2c(c1)CCC2.CC(C)c1ccc2c(c1)CNC2.CC(C)c1ccc2cccnc2c1.CC(C)c1cccc2c1CCC2. The monoisotopic (exact) mass is 685 g/mol. The van der Waals surface area contributed by atoms with Gasteiger partial charge in [0.25, 0.3) is 0 Å². The van der Waals surface area contributed by atoms with Crippen LogP contribution in [-0.4, -0.2) is 4.98 Å². The first-order valence-corrected chi connectivity index (χ1v) is 19.0. The Morgan fingerprint density at radius 1 is 0.490 bits per heavy atom. The summed E-state index contributed by atoms with van der Waals surface area (Å²) >= 11 is 0. The summed E-state index contributed by atoms with van der Waals surface area (Å²) in [6.45, 7) is 20.1. The Balaban J connectivity index is 0.000000181. The van der Waals surface area contributed by atoms with Crippen molar-refractivity contribution in [1.29, 1.82) is 0 Å². The summed E-state index contributed by atoms with van der Waals surface area (Å²) < 4.78 is 0. The Morgan fingerprint density at radius 3 is 1.75 bits per heavy atom. The Morgan fingerprint density at radius 2 is 1.06 bits per heavy atom. The number of nitrogens with zero attached hydrogens (tertiary/aromatic N) is 1. The van der Waals surface area contributed by atoms with Crippen LogP contribution in [0.4, 0.5) is 0 Å². The molecule has 2 aliphatic carbocycles. The Kier molecular flexibility index (Phi) is 16.1. The smallest absolute Gasteiger partial charge is 0.0704 e. The molecule has 3 aliphatic rings. The van der Waals surface area contributed by atoms with Crippen LogP contribution in [0.15, 0.2) is 91.1 Å². The van der Waals surface area contributed by atoms with Gasteiger partial charge in [-0.2, -0.15) is 0 Å². The van der Waals surface area contributed by atoms with E-state index >= 15 is 0 Å². The summed E-state index contributed by atoms with van der Waals surface area (Å²) in [7, 11) is 0. The van der Waals surface area contributed by atoms with Crippen molar-refractivity contribution in [3.05, 3.63) is 147 Å². The van der Waals surface area contributed by atoms with Gasteiger partial charge in [-0.15, -0.1) is 0 Å². The van der Waals surface area contributed by atoms with E-state index in [4.69, 9.17) is 0 Å². The van der Waals surface area contributed by atoms with Crippen LogP contribution >= 0.6 is 0 Å². The lowest BCUT2D eigenvalue weighted by molar-refractivity contribution is 0.764. The summed E-state index contributed by atoms with van der Waals surface area (Å²) in [4.78, 5) is 4.32. The molecule has 274 valence electrons. The van der Waals surface area contributed by atoms with Crippen molar-refractivity contribution < 1.29 is 0 Å². The second-order valence-corrected chi connectivity index (χ2v) is 15.4. The predicted octanol–water partition coefficient (Wildman–Crippen LogP) is 13.6. The molecule has 1 aromatic heterocycles. The lowest BCUT2D eigenvalue weighted by Gasteiger charge is -2.10. The van der Waals surface area contributed by atoms with E-state index in [1.807, 2.05) is 12.3 Å². The molecule has 1 aliphatic heterocycles. The average Bonchev–Trinajstić information content (AvgIpc) is 3.89. The largest absolute Gasteiger partial charge is 0.309 e. The first-order valence-electron chi connectivity index (χ1n) is 19.0. The molecule has 0 fully saturated rings. The number of rotatable bonds is 4. The van der Waals surface area contributed by atoms with Crippen molar-refractivity contribution >= 4 is 10.9 Å². The molecule has 2 heteroatoms. The molecule has 0 saturated carbocycles. The molecule has 0 amide bonds. The zero-order valence-corrected chi connectivity index (χ0v) is 31.6. The number of hydrogen-bond acceptors (Lipinski definition) is 2. The molecule has 51 heavy (non-hydrogen) atoms. The topological polar surface area (TPSA) is 24.9 Å². The van der Waals surface area contributed by atoms with Crippen molar-refractivity contribution in [2.24, 2.45) is 0 Å². The second-order valence-electron chi connectivity index (χ2n) is 15.4. The molecule has 4 aromatic carbocycles. The lowest BCUT2D eigenvalue weighted by atomic mass is 9.95. The number of fused-ring (bicyclic) bond motifs is 4. The normalized spacial score (nSPS) is 13.6. The van der Waals surface area contributed by atoms with E-state index in [0.29, 0.717) is 23.7 Å². The van der Waals surface area contributed by atoms with E-state index < -0.39 is 0 Å². The zero-order chi connectivity index (χ0) is 34.9. The number of benzene rings is 4. The van der Waals surface area contributed by atoms with E-state index in [1.54, 1.807) is 27.8 Å².